The molecular formula is C8H13N3OS2. The van der Waals surface area contributed by atoms with E-state index in [-0.39, 0.29) is 0 Å². The van der Waals surface area contributed by atoms with Crippen LogP contribution in [0.25, 0.3) is 0 Å². The number of aliphatic hydroxyl groups excluding tert-OH is 1. The summed E-state index contributed by atoms with van der Waals surface area (Å²) in [5.74, 6) is 4.87. The summed E-state index contributed by atoms with van der Waals surface area (Å²) >= 11 is 3.85. The average molecular weight is 231 g/mol. The van der Waals surface area contributed by atoms with Crippen molar-refractivity contribution in [2.24, 2.45) is 0 Å². The van der Waals surface area contributed by atoms with Crippen molar-refractivity contribution in [3.63, 3.8) is 0 Å². The van der Waals surface area contributed by atoms with Gasteiger partial charge in [-0.3, -0.25) is 5.10 Å². The summed E-state index contributed by atoms with van der Waals surface area (Å²) in [7, 11) is 0. The smallest absolute Gasteiger partial charge is 0.178 e. The number of aromatic amines is 1. The molecule has 78 valence electrons. The minimum atomic E-state index is -0.582. The molecule has 14 heavy (non-hydrogen) atoms. The van der Waals surface area contributed by atoms with Gasteiger partial charge >= 0.3 is 0 Å². The van der Waals surface area contributed by atoms with Gasteiger partial charge in [-0.05, 0) is 6.92 Å². The molecule has 1 aromatic rings. The minimum absolute atomic E-state index is 0.411. The number of aromatic nitrogens is 3. The predicted molar refractivity (Wildman–Crippen MR) is 59.5 cm³/mol. The van der Waals surface area contributed by atoms with E-state index in [1.54, 1.807) is 6.92 Å². The molecule has 6 heteroatoms. The number of hydrogen-bond acceptors (Lipinski definition) is 5. The number of rotatable bonds is 2. The molecule has 1 fully saturated rings. The second-order valence-corrected chi connectivity index (χ2v) is 5.65. The van der Waals surface area contributed by atoms with E-state index in [2.05, 4.69) is 15.2 Å². The van der Waals surface area contributed by atoms with Crippen LogP contribution in [0.2, 0.25) is 0 Å². The zero-order valence-corrected chi connectivity index (χ0v) is 9.57. The Morgan fingerprint density at radius 2 is 2.43 bits per heavy atom. The van der Waals surface area contributed by atoms with Gasteiger partial charge in [-0.25, -0.2) is 4.98 Å². The Morgan fingerprint density at radius 3 is 3.00 bits per heavy atom. The number of aliphatic hydroxyl groups is 1. The van der Waals surface area contributed by atoms with Crippen LogP contribution in [0, 0.1) is 0 Å². The third-order valence-corrected chi connectivity index (χ3v) is 4.78. The largest absolute Gasteiger partial charge is 0.385 e. The monoisotopic (exact) mass is 231 g/mol. The Balaban J connectivity index is 2.07. The maximum Gasteiger partial charge on any atom is 0.178 e. The van der Waals surface area contributed by atoms with Gasteiger partial charge < -0.3 is 5.11 Å². The third-order valence-electron chi connectivity index (χ3n) is 2.01. The molecule has 0 aliphatic carbocycles. The zero-order valence-electron chi connectivity index (χ0n) is 7.93. The molecular weight excluding hydrogens is 218 g/mol. The van der Waals surface area contributed by atoms with E-state index in [1.807, 2.05) is 23.5 Å². The van der Waals surface area contributed by atoms with Gasteiger partial charge in [0.2, 0.25) is 0 Å². The molecule has 0 aromatic carbocycles. The molecule has 4 nitrogen and oxygen atoms in total. The molecule has 0 saturated carbocycles. The summed E-state index contributed by atoms with van der Waals surface area (Å²) in [6, 6.07) is 0. The molecule has 1 aliphatic heterocycles. The van der Waals surface area contributed by atoms with Crippen molar-refractivity contribution in [3.8, 4) is 0 Å². The van der Waals surface area contributed by atoms with Crippen LogP contribution in [-0.2, 0) is 0 Å². The van der Waals surface area contributed by atoms with Crippen LogP contribution in [0.5, 0.6) is 0 Å². The summed E-state index contributed by atoms with van der Waals surface area (Å²) in [4.78, 5) is 4.28. The van der Waals surface area contributed by atoms with Crippen LogP contribution >= 0.6 is 23.5 Å². The van der Waals surface area contributed by atoms with E-state index in [9.17, 15) is 5.11 Å². The van der Waals surface area contributed by atoms with Gasteiger partial charge in [0.05, 0.1) is 5.25 Å². The molecule has 2 heterocycles. The summed E-state index contributed by atoms with van der Waals surface area (Å²) in [6.07, 6.45) is -0.582. The average Bonchev–Trinajstić information content (AvgIpc) is 2.68. The van der Waals surface area contributed by atoms with Crippen molar-refractivity contribution in [2.45, 2.75) is 18.3 Å². The standard InChI is InChI=1S/C8H13N3OS2/c1-5(12)7-9-8(11-10-7)6-4-13-2-3-14-6/h5-6,12H,2-4H2,1H3,(H,9,10,11). The lowest BCUT2D eigenvalue weighted by atomic mass is 10.4. The Hall–Kier alpha value is -0.200. The summed E-state index contributed by atoms with van der Waals surface area (Å²) < 4.78 is 0. The van der Waals surface area contributed by atoms with Crippen LogP contribution in [0.1, 0.15) is 29.9 Å². The number of nitrogens with zero attached hydrogens (tertiary/aromatic N) is 2. The summed E-state index contributed by atoms with van der Waals surface area (Å²) in [5, 5.41) is 16.6. The van der Waals surface area contributed by atoms with Gasteiger partial charge in [0.25, 0.3) is 0 Å². The quantitative estimate of drug-likeness (QED) is 0.805. The van der Waals surface area contributed by atoms with E-state index < -0.39 is 6.10 Å². The topological polar surface area (TPSA) is 61.8 Å². The third kappa shape index (κ3) is 2.24. The molecule has 1 aromatic heterocycles. The fourth-order valence-corrected chi connectivity index (χ4v) is 3.88. The highest BCUT2D eigenvalue weighted by Crippen LogP contribution is 2.34. The first-order valence-corrected chi connectivity index (χ1v) is 6.77. The van der Waals surface area contributed by atoms with Crippen LogP contribution < -0.4 is 0 Å². The lowest BCUT2D eigenvalue weighted by molar-refractivity contribution is 0.189. The molecule has 0 radical (unpaired) electrons. The zero-order chi connectivity index (χ0) is 9.97. The van der Waals surface area contributed by atoms with Crippen molar-refractivity contribution in [1.82, 2.24) is 15.2 Å². The van der Waals surface area contributed by atoms with E-state index in [0.29, 0.717) is 11.1 Å². The number of thioether (sulfide) groups is 2. The number of H-pyrrole nitrogens is 1. The molecule has 0 amide bonds. The first-order chi connectivity index (χ1) is 6.77. The highest BCUT2D eigenvalue weighted by molar-refractivity contribution is 8.06. The lowest BCUT2D eigenvalue weighted by Gasteiger charge is -2.17. The van der Waals surface area contributed by atoms with E-state index in [4.69, 9.17) is 0 Å². The fraction of sp³-hybridized carbons (Fsp3) is 0.750. The van der Waals surface area contributed by atoms with E-state index in [0.717, 1.165) is 11.6 Å². The summed E-state index contributed by atoms with van der Waals surface area (Å²) in [5.41, 5.74) is 0. The van der Waals surface area contributed by atoms with Crippen molar-refractivity contribution >= 4 is 23.5 Å². The molecule has 2 N–H and O–H groups in total. The molecule has 2 rings (SSSR count). The maximum atomic E-state index is 9.28. The highest BCUT2D eigenvalue weighted by atomic mass is 32.2. The molecule has 2 unspecified atom stereocenters. The number of hydrogen-bond donors (Lipinski definition) is 2. The molecule has 2 atom stereocenters. The van der Waals surface area contributed by atoms with Gasteiger partial charge in [0.1, 0.15) is 11.9 Å². The van der Waals surface area contributed by atoms with Crippen LogP contribution in [0.4, 0.5) is 0 Å². The Bertz CT molecular complexity index is 297. The van der Waals surface area contributed by atoms with Crippen molar-refractivity contribution in [3.05, 3.63) is 11.6 Å². The van der Waals surface area contributed by atoms with Gasteiger partial charge in [-0.15, -0.1) is 11.8 Å². The first kappa shape index (κ1) is 10.3. The van der Waals surface area contributed by atoms with Crippen LogP contribution in [0.15, 0.2) is 0 Å². The Labute approximate surface area is 91.3 Å². The second-order valence-electron chi connectivity index (χ2n) is 3.19. The van der Waals surface area contributed by atoms with Gasteiger partial charge in [-0.2, -0.15) is 16.9 Å². The fourth-order valence-electron chi connectivity index (χ4n) is 1.26. The Kier molecular flexibility index (Phi) is 3.35. The predicted octanol–water partition coefficient (Wildman–Crippen LogP) is 1.38. The Morgan fingerprint density at radius 1 is 1.57 bits per heavy atom. The van der Waals surface area contributed by atoms with Crippen molar-refractivity contribution in [2.75, 3.05) is 17.3 Å². The van der Waals surface area contributed by atoms with Gasteiger partial charge in [0, 0.05) is 17.3 Å². The van der Waals surface area contributed by atoms with Crippen molar-refractivity contribution < 1.29 is 5.11 Å². The van der Waals surface area contributed by atoms with Crippen molar-refractivity contribution in [1.29, 1.82) is 0 Å². The van der Waals surface area contributed by atoms with Crippen LogP contribution in [0.3, 0.4) is 0 Å². The molecule has 0 spiro atoms. The SMILES string of the molecule is CC(O)c1n[nH]c(C2CSCCS2)n1. The minimum Gasteiger partial charge on any atom is -0.385 e. The van der Waals surface area contributed by atoms with E-state index >= 15 is 0 Å². The second kappa shape index (κ2) is 4.55. The van der Waals surface area contributed by atoms with E-state index in [1.165, 1.54) is 11.5 Å². The highest BCUT2D eigenvalue weighted by Gasteiger charge is 2.20. The maximum absolute atomic E-state index is 9.28. The summed E-state index contributed by atoms with van der Waals surface area (Å²) in [6.45, 7) is 1.68. The first-order valence-electron chi connectivity index (χ1n) is 4.57. The van der Waals surface area contributed by atoms with Gasteiger partial charge in [-0.1, -0.05) is 0 Å². The number of nitrogens with one attached hydrogen (secondary N) is 1. The molecule has 0 bridgehead atoms. The lowest BCUT2D eigenvalue weighted by Crippen LogP contribution is -2.08. The van der Waals surface area contributed by atoms with Crippen LogP contribution in [-0.4, -0.2) is 37.5 Å². The molecule has 1 aliphatic rings. The normalized spacial score (nSPS) is 24.9. The molecule has 1 saturated heterocycles. The van der Waals surface area contributed by atoms with Gasteiger partial charge in [0.15, 0.2) is 5.82 Å².